The van der Waals surface area contributed by atoms with Gasteiger partial charge in [0, 0.05) is 10.6 Å². The van der Waals surface area contributed by atoms with Crippen molar-refractivity contribution in [1.82, 2.24) is 9.97 Å². The molecule has 0 saturated carbocycles. The van der Waals surface area contributed by atoms with Crippen LogP contribution in [0.3, 0.4) is 0 Å². The SMILES string of the molecule is Nc1ccccc1Sc1nc2ccccc2nc1Cl. The molecule has 0 fully saturated rings. The van der Waals surface area contributed by atoms with E-state index < -0.39 is 0 Å². The number of hydrogen-bond donors (Lipinski definition) is 1. The van der Waals surface area contributed by atoms with Crippen LogP contribution in [0, 0.1) is 0 Å². The zero-order valence-corrected chi connectivity index (χ0v) is 11.4. The third kappa shape index (κ3) is 2.50. The van der Waals surface area contributed by atoms with Gasteiger partial charge in [-0.05, 0) is 24.3 Å². The molecule has 1 aromatic heterocycles. The third-order valence-electron chi connectivity index (χ3n) is 2.62. The van der Waals surface area contributed by atoms with Crippen LogP contribution < -0.4 is 5.73 Å². The number of hydrogen-bond acceptors (Lipinski definition) is 4. The van der Waals surface area contributed by atoms with Gasteiger partial charge in [0.1, 0.15) is 5.03 Å². The number of benzene rings is 2. The zero-order valence-electron chi connectivity index (χ0n) is 9.88. The molecule has 1 heterocycles. The van der Waals surface area contributed by atoms with Crippen LogP contribution in [0.2, 0.25) is 5.15 Å². The fraction of sp³-hybridized carbons (Fsp3) is 0. The summed E-state index contributed by atoms with van der Waals surface area (Å²) < 4.78 is 0. The lowest BCUT2D eigenvalue weighted by Gasteiger charge is -2.06. The average molecular weight is 288 g/mol. The van der Waals surface area contributed by atoms with E-state index in [1.54, 1.807) is 0 Å². The summed E-state index contributed by atoms with van der Waals surface area (Å²) in [5.41, 5.74) is 8.24. The van der Waals surface area contributed by atoms with E-state index in [9.17, 15) is 0 Å². The van der Waals surface area contributed by atoms with Gasteiger partial charge in [0.2, 0.25) is 0 Å². The topological polar surface area (TPSA) is 51.8 Å². The van der Waals surface area contributed by atoms with Gasteiger partial charge in [-0.3, -0.25) is 0 Å². The Balaban J connectivity index is 2.06. The molecular weight excluding hydrogens is 278 g/mol. The van der Waals surface area contributed by atoms with Gasteiger partial charge in [-0.15, -0.1) is 0 Å². The summed E-state index contributed by atoms with van der Waals surface area (Å²) in [7, 11) is 0. The van der Waals surface area contributed by atoms with Crippen LogP contribution in [-0.2, 0) is 0 Å². The van der Waals surface area contributed by atoms with Gasteiger partial charge in [0.15, 0.2) is 5.15 Å². The molecule has 2 aromatic carbocycles. The minimum atomic E-state index is 0.395. The molecule has 3 nitrogen and oxygen atoms in total. The lowest BCUT2D eigenvalue weighted by Crippen LogP contribution is -1.91. The minimum absolute atomic E-state index is 0.395. The first-order valence-electron chi connectivity index (χ1n) is 5.69. The quantitative estimate of drug-likeness (QED) is 0.723. The van der Waals surface area contributed by atoms with Crippen LogP contribution in [0.5, 0.6) is 0 Å². The van der Waals surface area contributed by atoms with Gasteiger partial charge in [0.25, 0.3) is 0 Å². The monoisotopic (exact) mass is 287 g/mol. The first-order chi connectivity index (χ1) is 9.24. The number of anilines is 1. The van der Waals surface area contributed by atoms with E-state index in [-0.39, 0.29) is 0 Å². The molecule has 0 radical (unpaired) electrons. The molecule has 5 heteroatoms. The predicted molar refractivity (Wildman–Crippen MR) is 79.5 cm³/mol. The molecule has 3 rings (SSSR count). The largest absolute Gasteiger partial charge is 0.398 e. The van der Waals surface area contributed by atoms with Crippen molar-refractivity contribution in [3.8, 4) is 0 Å². The maximum absolute atomic E-state index is 6.17. The number of para-hydroxylation sites is 3. The molecule has 0 bridgehead atoms. The van der Waals surface area contributed by atoms with Crippen molar-refractivity contribution in [2.24, 2.45) is 0 Å². The Bertz CT molecular complexity index is 746. The molecule has 0 unspecified atom stereocenters. The third-order valence-corrected chi connectivity index (χ3v) is 4.07. The Hall–Kier alpha value is -1.78. The molecule has 0 saturated heterocycles. The van der Waals surface area contributed by atoms with Gasteiger partial charge in [-0.2, -0.15) is 0 Å². The van der Waals surface area contributed by atoms with E-state index in [0.29, 0.717) is 15.9 Å². The van der Waals surface area contributed by atoms with Crippen LogP contribution >= 0.6 is 23.4 Å². The highest BCUT2D eigenvalue weighted by atomic mass is 35.5. The van der Waals surface area contributed by atoms with E-state index in [1.807, 2.05) is 48.5 Å². The van der Waals surface area contributed by atoms with E-state index in [2.05, 4.69) is 9.97 Å². The molecule has 94 valence electrons. The Labute approximate surface area is 119 Å². The Morgan fingerprint density at radius 2 is 1.53 bits per heavy atom. The molecular formula is C14H10ClN3S. The number of nitrogens with two attached hydrogens (primary N) is 1. The van der Waals surface area contributed by atoms with Gasteiger partial charge in [0.05, 0.1) is 11.0 Å². The lowest BCUT2D eigenvalue weighted by atomic mass is 10.3. The van der Waals surface area contributed by atoms with Crippen molar-refractivity contribution in [2.45, 2.75) is 9.92 Å². The summed E-state index contributed by atoms with van der Waals surface area (Å²) in [4.78, 5) is 9.79. The first-order valence-corrected chi connectivity index (χ1v) is 6.88. The fourth-order valence-corrected chi connectivity index (χ4v) is 2.77. The maximum Gasteiger partial charge on any atom is 0.162 e. The van der Waals surface area contributed by atoms with Crippen LogP contribution in [0.4, 0.5) is 5.69 Å². The van der Waals surface area contributed by atoms with Crippen molar-refractivity contribution in [3.63, 3.8) is 0 Å². The Kier molecular flexibility index (Phi) is 3.27. The molecule has 0 aliphatic rings. The second kappa shape index (κ2) is 5.07. The van der Waals surface area contributed by atoms with Crippen molar-refractivity contribution >= 4 is 40.1 Å². The van der Waals surface area contributed by atoms with E-state index in [4.69, 9.17) is 17.3 Å². The molecule has 19 heavy (non-hydrogen) atoms. The van der Waals surface area contributed by atoms with Gasteiger partial charge in [-0.25, -0.2) is 9.97 Å². The summed E-state index contributed by atoms with van der Waals surface area (Å²) in [6, 6.07) is 15.3. The second-order valence-corrected chi connectivity index (χ2v) is 5.34. The smallest absolute Gasteiger partial charge is 0.162 e. The lowest BCUT2D eigenvalue weighted by molar-refractivity contribution is 1.12. The molecule has 0 aliphatic carbocycles. The normalized spacial score (nSPS) is 10.8. The van der Waals surface area contributed by atoms with Gasteiger partial charge < -0.3 is 5.73 Å². The van der Waals surface area contributed by atoms with E-state index in [0.717, 1.165) is 15.9 Å². The molecule has 0 atom stereocenters. The number of nitrogens with zero attached hydrogens (tertiary/aromatic N) is 2. The van der Waals surface area contributed by atoms with E-state index in [1.165, 1.54) is 11.8 Å². The average Bonchev–Trinajstić information content (AvgIpc) is 2.42. The second-order valence-electron chi connectivity index (χ2n) is 3.95. The highest BCUT2D eigenvalue weighted by molar-refractivity contribution is 7.99. The summed E-state index contributed by atoms with van der Waals surface area (Å²) in [5, 5.41) is 1.06. The van der Waals surface area contributed by atoms with Crippen molar-refractivity contribution in [1.29, 1.82) is 0 Å². The molecule has 0 spiro atoms. The number of halogens is 1. The molecule has 3 aromatic rings. The van der Waals surface area contributed by atoms with Crippen LogP contribution in [0.1, 0.15) is 0 Å². The first kappa shape index (κ1) is 12.3. The zero-order chi connectivity index (χ0) is 13.2. The predicted octanol–water partition coefficient (Wildman–Crippen LogP) is 4.02. The number of rotatable bonds is 2. The minimum Gasteiger partial charge on any atom is -0.398 e. The van der Waals surface area contributed by atoms with Crippen LogP contribution in [0.25, 0.3) is 11.0 Å². The number of nitrogen functional groups attached to an aromatic ring is 1. The fourth-order valence-electron chi connectivity index (χ4n) is 1.70. The highest BCUT2D eigenvalue weighted by Gasteiger charge is 2.09. The van der Waals surface area contributed by atoms with Gasteiger partial charge >= 0.3 is 0 Å². The van der Waals surface area contributed by atoms with Crippen molar-refractivity contribution < 1.29 is 0 Å². The highest BCUT2D eigenvalue weighted by Crippen LogP contribution is 2.34. The Morgan fingerprint density at radius 3 is 2.26 bits per heavy atom. The summed E-state index contributed by atoms with van der Waals surface area (Å²) in [6.45, 7) is 0. The summed E-state index contributed by atoms with van der Waals surface area (Å²) in [6.07, 6.45) is 0. The Morgan fingerprint density at radius 1 is 0.895 bits per heavy atom. The summed E-state index contributed by atoms with van der Waals surface area (Å²) in [5.74, 6) is 0. The van der Waals surface area contributed by atoms with Gasteiger partial charge in [-0.1, -0.05) is 47.6 Å². The molecule has 0 amide bonds. The van der Waals surface area contributed by atoms with E-state index >= 15 is 0 Å². The van der Waals surface area contributed by atoms with Crippen LogP contribution in [-0.4, -0.2) is 9.97 Å². The number of aromatic nitrogens is 2. The number of fused-ring (bicyclic) bond motifs is 1. The van der Waals surface area contributed by atoms with Crippen molar-refractivity contribution in [2.75, 3.05) is 5.73 Å². The molecule has 2 N–H and O–H groups in total. The standard InChI is InChI=1S/C14H10ClN3S/c15-13-14(19-12-8-4-1-5-9(12)16)18-11-7-3-2-6-10(11)17-13/h1-8H,16H2. The van der Waals surface area contributed by atoms with Crippen LogP contribution in [0.15, 0.2) is 58.5 Å². The summed E-state index contributed by atoms with van der Waals surface area (Å²) >= 11 is 7.60. The molecule has 0 aliphatic heterocycles. The maximum atomic E-state index is 6.17. The van der Waals surface area contributed by atoms with Crippen molar-refractivity contribution in [3.05, 3.63) is 53.7 Å².